The third-order valence-corrected chi connectivity index (χ3v) is 9.58. The number of amides is 2. The summed E-state index contributed by atoms with van der Waals surface area (Å²) in [4.78, 5) is 91.7. The Morgan fingerprint density at radius 2 is 1.15 bits per heavy atom. The summed E-state index contributed by atoms with van der Waals surface area (Å²) in [5.74, 6) is -15.5. The van der Waals surface area contributed by atoms with Crippen molar-refractivity contribution >= 4 is 41.5 Å². The average molecular weight is 873 g/mol. The standard InChI is InChI=1S/C39H40N2O21/c1-15(42)58-14-27-31(50)32(51)33(52)34(62-27)16-8-20(30(49)26(46)9-16)25(45)10-17-11-59-38(56)22(41-36(54)19-5-3-7-24(44)29(19)48)13-61-39(57)21(12-60-37(17)55)40-35(53)18-4-2-6-23(43)28(18)47/h2-9,17,21-22,27,31-34,43-44,46-52H,10-14H2,1H3,(H,40,53)(H,41,54)/t17-,21-,22-,27?,31+,32-,33?,34-/m0/s1. The van der Waals surface area contributed by atoms with E-state index in [1.807, 2.05) is 0 Å². The lowest BCUT2D eigenvalue weighted by Gasteiger charge is -2.40. The second-order valence-corrected chi connectivity index (χ2v) is 13.9. The van der Waals surface area contributed by atoms with Crippen LogP contribution in [0.4, 0.5) is 0 Å². The molecule has 23 heteroatoms. The van der Waals surface area contributed by atoms with E-state index in [1.54, 1.807) is 0 Å². The van der Waals surface area contributed by atoms with E-state index in [1.165, 1.54) is 12.1 Å². The molecule has 62 heavy (non-hydrogen) atoms. The molecule has 0 radical (unpaired) electrons. The van der Waals surface area contributed by atoms with Crippen molar-refractivity contribution in [2.75, 3.05) is 26.4 Å². The summed E-state index contributed by atoms with van der Waals surface area (Å²) in [6, 6.07) is 4.50. The predicted octanol–water partition coefficient (Wildman–Crippen LogP) is -1.56. The first kappa shape index (κ1) is 45.9. The molecule has 2 fully saturated rings. The van der Waals surface area contributed by atoms with E-state index in [0.29, 0.717) is 0 Å². The van der Waals surface area contributed by atoms with Gasteiger partial charge in [-0.25, -0.2) is 9.59 Å². The van der Waals surface area contributed by atoms with E-state index >= 15 is 0 Å². The molecule has 5 rings (SSSR count). The zero-order valence-corrected chi connectivity index (χ0v) is 32.2. The van der Waals surface area contributed by atoms with Crippen molar-refractivity contribution in [1.29, 1.82) is 0 Å². The van der Waals surface area contributed by atoms with E-state index in [2.05, 4.69) is 10.6 Å². The molecule has 8 atom stereocenters. The Balaban J connectivity index is 1.44. The van der Waals surface area contributed by atoms with Crippen LogP contribution in [-0.4, -0.2) is 150 Å². The number of Topliss-reactive ketones (excluding diaryl/α,β-unsaturated/α-hetero) is 1. The minimum absolute atomic E-state index is 0.256. The van der Waals surface area contributed by atoms with Gasteiger partial charge >= 0.3 is 23.9 Å². The molecular formula is C39H40N2O21. The first-order valence-electron chi connectivity index (χ1n) is 18.3. The Hall–Kier alpha value is -7.21. The molecule has 2 heterocycles. The first-order chi connectivity index (χ1) is 29.3. The first-order valence-corrected chi connectivity index (χ1v) is 18.3. The van der Waals surface area contributed by atoms with Gasteiger partial charge in [0.15, 0.2) is 52.4 Å². The van der Waals surface area contributed by atoms with Gasteiger partial charge < -0.3 is 80.3 Å². The molecule has 2 aliphatic rings. The van der Waals surface area contributed by atoms with Crippen molar-refractivity contribution in [3.63, 3.8) is 0 Å². The lowest BCUT2D eigenvalue weighted by atomic mass is 9.89. The lowest BCUT2D eigenvalue weighted by Crippen LogP contribution is -2.55. The molecule has 0 saturated carbocycles. The molecule has 3 aromatic carbocycles. The zero-order valence-electron chi connectivity index (χ0n) is 32.2. The molecule has 0 aliphatic carbocycles. The van der Waals surface area contributed by atoms with Crippen LogP contribution in [-0.2, 0) is 42.9 Å². The van der Waals surface area contributed by atoms with E-state index in [0.717, 1.165) is 43.3 Å². The molecule has 2 unspecified atom stereocenters. The van der Waals surface area contributed by atoms with Gasteiger partial charge in [0.05, 0.1) is 22.6 Å². The number of ketones is 1. The summed E-state index contributed by atoms with van der Waals surface area (Å²) >= 11 is 0. The molecule has 0 bridgehead atoms. The molecule has 0 aromatic heterocycles. The number of cyclic esters (lactones) is 3. The number of para-hydroxylation sites is 2. The summed E-state index contributed by atoms with van der Waals surface area (Å²) in [6.45, 7) is -2.58. The van der Waals surface area contributed by atoms with Crippen LogP contribution in [0, 0.1) is 5.92 Å². The second kappa shape index (κ2) is 19.4. The molecule has 0 spiro atoms. The quantitative estimate of drug-likeness (QED) is 0.0475. The summed E-state index contributed by atoms with van der Waals surface area (Å²) in [7, 11) is 0. The number of aliphatic hydroxyl groups excluding tert-OH is 3. The Labute approximate surface area is 348 Å². The van der Waals surface area contributed by atoms with Crippen LogP contribution in [0.15, 0.2) is 48.5 Å². The van der Waals surface area contributed by atoms with Gasteiger partial charge in [-0.1, -0.05) is 12.1 Å². The largest absolute Gasteiger partial charge is 0.504 e. The van der Waals surface area contributed by atoms with Crippen molar-refractivity contribution in [1.82, 2.24) is 10.6 Å². The van der Waals surface area contributed by atoms with Crippen LogP contribution >= 0.6 is 0 Å². The second-order valence-electron chi connectivity index (χ2n) is 13.9. The maximum absolute atomic E-state index is 13.8. The third-order valence-electron chi connectivity index (χ3n) is 9.58. The summed E-state index contributed by atoms with van der Waals surface area (Å²) in [5.41, 5.74) is -2.05. The van der Waals surface area contributed by atoms with E-state index in [-0.39, 0.29) is 5.56 Å². The minimum Gasteiger partial charge on any atom is -0.504 e. The molecule has 2 amide bonds. The Morgan fingerprint density at radius 1 is 0.645 bits per heavy atom. The topological polar surface area (TPSA) is 372 Å². The van der Waals surface area contributed by atoms with E-state index in [4.69, 9.17) is 23.7 Å². The van der Waals surface area contributed by atoms with Gasteiger partial charge in [-0.05, 0) is 42.0 Å². The third kappa shape index (κ3) is 10.4. The number of esters is 4. The number of phenols is 6. The lowest BCUT2D eigenvalue weighted by molar-refractivity contribution is -0.234. The molecule has 2 saturated heterocycles. The van der Waals surface area contributed by atoms with Crippen molar-refractivity contribution in [2.45, 2.75) is 55.9 Å². The fourth-order valence-electron chi connectivity index (χ4n) is 6.20. The highest BCUT2D eigenvalue weighted by Crippen LogP contribution is 2.39. The summed E-state index contributed by atoms with van der Waals surface area (Å²) < 4.78 is 26.1. The van der Waals surface area contributed by atoms with Crippen LogP contribution < -0.4 is 10.6 Å². The van der Waals surface area contributed by atoms with E-state index < -0.39 is 174 Å². The number of carbonyl (C=O) groups is 7. The van der Waals surface area contributed by atoms with Gasteiger partial charge in [-0.15, -0.1) is 0 Å². The summed E-state index contributed by atoms with van der Waals surface area (Å²) in [5, 5.41) is 97.4. The fourth-order valence-corrected chi connectivity index (χ4v) is 6.20. The number of hydrogen-bond acceptors (Lipinski definition) is 21. The Bertz CT molecular complexity index is 2180. The molecule has 2 aliphatic heterocycles. The SMILES string of the molecule is CC(=O)OCC1O[C@@H](c2cc(O)c(O)c(C(=O)C[C@H]3COC(=O)[C@@H](NC(=O)c4cccc(O)c4O)COC(=O)[C@@H](NC(=O)c4cccc(O)c4O)COC3=O)c2)C(O)[C@@H](O)[C@@H]1O. The van der Waals surface area contributed by atoms with Crippen molar-refractivity contribution in [2.24, 2.45) is 5.92 Å². The van der Waals surface area contributed by atoms with Gasteiger partial charge in [0.1, 0.15) is 56.9 Å². The molecular weight excluding hydrogens is 832 g/mol. The van der Waals surface area contributed by atoms with Crippen LogP contribution in [0.1, 0.15) is 56.1 Å². The van der Waals surface area contributed by atoms with E-state index in [9.17, 15) is 79.5 Å². The monoisotopic (exact) mass is 872 g/mol. The predicted molar refractivity (Wildman–Crippen MR) is 199 cm³/mol. The summed E-state index contributed by atoms with van der Waals surface area (Å²) in [6.07, 6.45) is -9.62. The van der Waals surface area contributed by atoms with Crippen molar-refractivity contribution < 1.29 is 103 Å². The molecule has 23 nitrogen and oxygen atoms in total. The van der Waals surface area contributed by atoms with Gasteiger partial charge in [0.2, 0.25) is 0 Å². The average Bonchev–Trinajstić information content (AvgIpc) is 3.23. The maximum Gasteiger partial charge on any atom is 0.332 e. The zero-order chi connectivity index (χ0) is 45.6. The smallest absolute Gasteiger partial charge is 0.332 e. The van der Waals surface area contributed by atoms with Gasteiger partial charge in [-0.3, -0.25) is 24.0 Å². The van der Waals surface area contributed by atoms with Crippen LogP contribution in [0.3, 0.4) is 0 Å². The number of carbonyl (C=O) groups excluding carboxylic acids is 7. The Kier molecular flexibility index (Phi) is 14.4. The normalized spacial score (nSPS) is 24.5. The number of aromatic hydroxyl groups is 6. The number of ether oxygens (including phenoxy) is 5. The highest BCUT2D eigenvalue weighted by atomic mass is 16.6. The van der Waals surface area contributed by atoms with Gasteiger partial charge in [-0.2, -0.15) is 0 Å². The molecule has 11 N–H and O–H groups in total. The van der Waals surface area contributed by atoms with Crippen LogP contribution in [0.5, 0.6) is 34.5 Å². The number of aliphatic hydroxyl groups is 3. The fraction of sp³-hybridized carbons (Fsp3) is 0.359. The minimum atomic E-state index is -1.93. The molecule has 3 aromatic rings. The van der Waals surface area contributed by atoms with Gasteiger partial charge in [0.25, 0.3) is 11.8 Å². The highest BCUT2D eigenvalue weighted by Gasteiger charge is 2.45. The van der Waals surface area contributed by atoms with Crippen LogP contribution in [0.25, 0.3) is 0 Å². The molecule has 332 valence electrons. The number of hydrogen-bond donors (Lipinski definition) is 11. The number of benzene rings is 3. The Morgan fingerprint density at radius 3 is 1.68 bits per heavy atom. The van der Waals surface area contributed by atoms with Crippen molar-refractivity contribution in [3.05, 3.63) is 70.8 Å². The number of rotatable bonds is 10. The highest BCUT2D eigenvalue weighted by molar-refractivity contribution is 6.02. The maximum atomic E-state index is 13.8. The number of nitrogens with one attached hydrogen (secondary N) is 2. The number of phenolic OH excluding ortho intramolecular Hbond substituents is 6. The van der Waals surface area contributed by atoms with Gasteiger partial charge in [0, 0.05) is 13.3 Å². The van der Waals surface area contributed by atoms with Crippen LogP contribution in [0.2, 0.25) is 0 Å². The van der Waals surface area contributed by atoms with Crippen molar-refractivity contribution in [3.8, 4) is 34.5 Å².